The number of nitrogens with zero attached hydrogens (tertiary/aromatic N) is 2. The molecule has 0 radical (unpaired) electrons. The summed E-state index contributed by atoms with van der Waals surface area (Å²) in [5, 5.41) is 3.30. The van der Waals surface area contributed by atoms with Crippen LogP contribution < -0.4 is 10.2 Å². The second-order valence-corrected chi connectivity index (χ2v) is 5.37. The zero-order chi connectivity index (χ0) is 13.9. The Bertz CT molecular complexity index is 549. The van der Waals surface area contributed by atoms with Gasteiger partial charge < -0.3 is 14.6 Å². The Hall–Kier alpha value is -1.81. The fraction of sp³-hybridized carbons (Fsp3) is 0.438. The Labute approximate surface area is 119 Å². The monoisotopic (exact) mass is 271 g/mol. The molecule has 2 aromatic heterocycles. The van der Waals surface area contributed by atoms with Gasteiger partial charge in [-0.25, -0.2) is 4.98 Å². The molecule has 4 nitrogen and oxygen atoms in total. The van der Waals surface area contributed by atoms with Crippen LogP contribution in [-0.2, 0) is 6.54 Å². The van der Waals surface area contributed by atoms with Crippen LogP contribution in [0.5, 0.6) is 0 Å². The Kier molecular flexibility index (Phi) is 3.74. The Morgan fingerprint density at radius 3 is 2.90 bits per heavy atom. The fourth-order valence-electron chi connectivity index (χ4n) is 2.48. The molecule has 1 aliphatic rings. The molecule has 3 rings (SSSR count). The van der Waals surface area contributed by atoms with Crippen LogP contribution in [0, 0.1) is 0 Å². The van der Waals surface area contributed by atoms with Gasteiger partial charge in [-0.15, -0.1) is 0 Å². The van der Waals surface area contributed by atoms with Crippen molar-refractivity contribution < 1.29 is 4.42 Å². The second kappa shape index (κ2) is 5.67. The molecule has 2 heterocycles. The van der Waals surface area contributed by atoms with Crippen LogP contribution in [0.15, 0.2) is 41.1 Å². The third-order valence-corrected chi connectivity index (χ3v) is 3.88. The highest BCUT2D eigenvalue weighted by molar-refractivity contribution is 5.50. The lowest BCUT2D eigenvalue weighted by molar-refractivity contribution is 0.499. The lowest BCUT2D eigenvalue weighted by Gasteiger charge is -2.26. The summed E-state index contributed by atoms with van der Waals surface area (Å²) in [6.07, 6.45) is 6.09. The first kappa shape index (κ1) is 13.2. The maximum Gasteiger partial charge on any atom is 0.133 e. The Morgan fingerprint density at radius 2 is 2.25 bits per heavy atom. The van der Waals surface area contributed by atoms with Gasteiger partial charge in [0.15, 0.2) is 0 Å². The van der Waals surface area contributed by atoms with E-state index in [0.717, 1.165) is 18.1 Å². The van der Waals surface area contributed by atoms with Gasteiger partial charge in [-0.2, -0.15) is 0 Å². The number of rotatable bonds is 6. The van der Waals surface area contributed by atoms with E-state index in [1.165, 1.54) is 18.4 Å². The highest BCUT2D eigenvalue weighted by Crippen LogP contribution is 2.35. The predicted octanol–water partition coefficient (Wildman–Crippen LogP) is 3.12. The minimum absolute atomic E-state index is 0.288. The van der Waals surface area contributed by atoms with E-state index in [1.807, 2.05) is 31.4 Å². The highest BCUT2D eigenvalue weighted by atomic mass is 16.3. The summed E-state index contributed by atoms with van der Waals surface area (Å²) in [7, 11) is 1.98. The van der Waals surface area contributed by atoms with E-state index in [9.17, 15) is 0 Å². The van der Waals surface area contributed by atoms with Crippen molar-refractivity contribution in [1.29, 1.82) is 0 Å². The maximum atomic E-state index is 5.51. The van der Waals surface area contributed by atoms with E-state index in [-0.39, 0.29) is 6.04 Å². The third kappa shape index (κ3) is 2.70. The first-order valence-corrected chi connectivity index (χ1v) is 7.21. The first-order chi connectivity index (χ1) is 9.79. The fourth-order valence-corrected chi connectivity index (χ4v) is 2.48. The average molecular weight is 271 g/mol. The van der Waals surface area contributed by atoms with Crippen LogP contribution in [0.1, 0.15) is 37.1 Å². The van der Waals surface area contributed by atoms with Crippen LogP contribution in [0.2, 0.25) is 0 Å². The smallest absolute Gasteiger partial charge is 0.133 e. The van der Waals surface area contributed by atoms with Gasteiger partial charge in [0, 0.05) is 23.8 Å². The van der Waals surface area contributed by atoms with Gasteiger partial charge in [0.2, 0.25) is 0 Å². The molecule has 1 unspecified atom stereocenters. The Balaban J connectivity index is 1.91. The molecule has 0 aromatic carbocycles. The van der Waals surface area contributed by atoms with Gasteiger partial charge in [-0.3, -0.25) is 0 Å². The molecule has 2 aromatic rings. The summed E-state index contributed by atoms with van der Waals surface area (Å²) in [6, 6.07) is 9.01. The third-order valence-electron chi connectivity index (χ3n) is 3.88. The molecule has 1 saturated carbocycles. The van der Waals surface area contributed by atoms with Crippen molar-refractivity contribution in [3.05, 3.63) is 48.0 Å². The zero-order valence-corrected chi connectivity index (χ0v) is 12.0. The molecule has 1 aliphatic carbocycles. The summed E-state index contributed by atoms with van der Waals surface area (Å²) in [4.78, 5) is 7.01. The number of anilines is 1. The van der Waals surface area contributed by atoms with Gasteiger partial charge in [0.05, 0.1) is 12.8 Å². The molecule has 0 amide bonds. The molecule has 0 aliphatic heterocycles. The summed E-state index contributed by atoms with van der Waals surface area (Å²) in [6.45, 7) is 2.95. The van der Waals surface area contributed by atoms with E-state index in [4.69, 9.17) is 4.42 Å². The van der Waals surface area contributed by atoms with E-state index in [1.54, 1.807) is 6.26 Å². The largest absolute Gasteiger partial charge is 0.467 e. The normalized spacial score (nSPS) is 16.1. The number of hydrogen-bond acceptors (Lipinski definition) is 4. The summed E-state index contributed by atoms with van der Waals surface area (Å²) in [5.74, 6) is 2.07. The molecule has 1 fully saturated rings. The molecule has 0 saturated heterocycles. The molecular formula is C16H21N3O. The summed E-state index contributed by atoms with van der Waals surface area (Å²) in [5.41, 5.74) is 1.24. The van der Waals surface area contributed by atoms with Crippen molar-refractivity contribution in [2.45, 2.75) is 38.4 Å². The topological polar surface area (TPSA) is 41.3 Å². The average Bonchev–Trinajstić information content (AvgIpc) is 3.20. The second-order valence-electron chi connectivity index (χ2n) is 5.37. The number of furan rings is 1. The SMILES string of the molecule is CNC(C)c1cccnc1N(Cc1ccco1)C1CC1. The molecule has 106 valence electrons. The van der Waals surface area contributed by atoms with E-state index < -0.39 is 0 Å². The number of aromatic nitrogens is 1. The van der Waals surface area contributed by atoms with Gasteiger partial charge in [-0.05, 0) is 45.0 Å². The summed E-state index contributed by atoms with van der Waals surface area (Å²) < 4.78 is 5.51. The van der Waals surface area contributed by atoms with Crippen LogP contribution >= 0.6 is 0 Å². The quantitative estimate of drug-likeness (QED) is 0.876. The lowest BCUT2D eigenvalue weighted by atomic mass is 10.1. The number of nitrogens with one attached hydrogen (secondary N) is 1. The van der Waals surface area contributed by atoms with E-state index in [2.05, 4.69) is 28.2 Å². The Morgan fingerprint density at radius 1 is 1.40 bits per heavy atom. The molecule has 1 N–H and O–H groups in total. The van der Waals surface area contributed by atoms with Crippen molar-refractivity contribution in [3.8, 4) is 0 Å². The zero-order valence-electron chi connectivity index (χ0n) is 12.0. The van der Waals surface area contributed by atoms with Gasteiger partial charge in [-0.1, -0.05) is 6.07 Å². The predicted molar refractivity (Wildman–Crippen MR) is 79.6 cm³/mol. The minimum atomic E-state index is 0.288. The minimum Gasteiger partial charge on any atom is -0.467 e. The van der Waals surface area contributed by atoms with Crippen molar-refractivity contribution >= 4 is 5.82 Å². The van der Waals surface area contributed by atoms with Crippen LogP contribution in [0.3, 0.4) is 0 Å². The van der Waals surface area contributed by atoms with Crippen LogP contribution in [0.25, 0.3) is 0 Å². The van der Waals surface area contributed by atoms with Crippen molar-refractivity contribution in [1.82, 2.24) is 10.3 Å². The number of pyridine rings is 1. The van der Waals surface area contributed by atoms with Crippen molar-refractivity contribution in [2.24, 2.45) is 0 Å². The molecule has 0 spiro atoms. The first-order valence-electron chi connectivity index (χ1n) is 7.21. The van der Waals surface area contributed by atoms with E-state index in [0.29, 0.717) is 6.04 Å². The molecule has 20 heavy (non-hydrogen) atoms. The van der Waals surface area contributed by atoms with E-state index >= 15 is 0 Å². The van der Waals surface area contributed by atoms with Gasteiger partial charge in [0.25, 0.3) is 0 Å². The standard InChI is InChI=1S/C16H21N3O/c1-12(17-2)15-6-3-9-18-16(15)19(13-7-8-13)11-14-5-4-10-20-14/h3-6,9-10,12-13,17H,7-8,11H2,1-2H3. The highest BCUT2D eigenvalue weighted by Gasteiger charge is 2.32. The number of hydrogen-bond donors (Lipinski definition) is 1. The summed E-state index contributed by atoms with van der Waals surface area (Å²) >= 11 is 0. The lowest BCUT2D eigenvalue weighted by Crippen LogP contribution is -2.28. The van der Waals surface area contributed by atoms with Crippen molar-refractivity contribution in [2.75, 3.05) is 11.9 Å². The molecule has 1 atom stereocenters. The van der Waals surface area contributed by atoms with Gasteiger partial charge in [0.1, 0.15) is 11.6 Å². The molecular weight excluding hydrogens is 250 g/mol. The molecule has 0 bridgehead atoms. The van der Waals surface area contributed by atoms with Crippen molar-refractivity contribution in [3.63, 3.8) is 0 Å². The van der Waals surface area contributed by atoms with Crippen LogP contribution in [0.4, 0.5) is 5.82 Å². The maximum absolute atomic E-state index is 5.51. The van der Waals surface area contributed by atoms with Gasteiger partial charge >= 0.3 is 0 Å². The van der Waals surface area contributed by atoms with Crippen LogP contribution in [-0.4, -0.2) is 18.1 Å². The molecule has 4 heteroatoms.